The summed E-state index contributed by atoms with van der Waals surface area (Å²) < 4.78 is 14.7. The molecule has 164 valence electrons. The fourth-order valence-corrected chi connectivity index (χ4v) is 3.73. The fourth-order valence-electron chi connectivity index (χ4n) is 3.73. The highest BCUT2D eigenvalue weighted by molar-refractivity contribution is 6.06. The van der Waals surface area contributed by atoms with Crippen LogP contribution in [0, 0.1) is 5.82 Å². The first-order valence-corrected chi connectivity index (χ1v) is 10.6. The van der Waals surface area contributed by atoms with E-state index in [1.165, 1.54) is 18.5 Å². The lowest BCUT2D eigenvalue weighted by Gasteiger charge is -2.25. The Balaban J connectivity index is 1.74. The van der Waals surface area contributed by atoms with Crippen molar-refractivity contribution in [3.8, 4) is 11.1 Å². The van der Waals surface area contributed by atoms with Gasteiger partial charge in [0.25, 0.3) is 5.91 Å². The second-order valence-electron chi connectivity index (χ2n) is 8.08. The van der Waals surface area contributed by atoms with Crippen LogP contribution in [0.15, 0.2) is 48.9 Å². The van der Waals surface area contributed by atoms with E-state index in [0.717, 1.165) is 0 Å². The van der Waals surface area contributed by atoms with Gasteiger partial charge in [-0.05, 0) is 18.6 Å². The second-order valence-corrected chi connectivity index (χ2v) is 8.08. The zero-order valence-corrected chi connectivity index (χ0v) is 17.9. The molecule has 0 aliphatic carbocycles. The largest absolute Gasteiger partial charge is 0.355 e. The minimum Gasteiger partial charge on any atom is -0.355 e. The number of nitrogens with zero attached hydrogens (tertiary/aromatic N) is 3. The number of carbonyl (C=O) groups excluding carboxylic acids is 2. The van der Waals surface area contributed by atoms with Gasteiger partial charge in [-0.2, -0.15) is 0 Å². The second kappa shape index (κ2) is 9.21. The Bertz CT molecular complexity index is 1140. The number of aromatic nitrogens is 3. The Labute approximate surface area is 185 Å². The van der Waals surface area contributed by atoms with E-state index in [2.05, 4.69) is 25.6 Å². The molecule has 0 spiro atoms. The molecular formula is C24H24FN5O2. The van der Waals surface area contributed by atoms with E-state index in [1.807, 2.05) is 13.8 Å². The molecule has 1 unspecified atom stereocenters. The van der Waals surface area contributed by atoms with E-state index in [-0.39, 0.29) is 17.7 Å². The molecular weight excluding hydrogens is 409 g/mol. The first kappa shape index (κ1) is 21.5. The van der Waals surface area contributed by atoms with Gasteiger partial charge in [0, 0.05) is 54.5 Å². The molecule has 1 aliphatic rings. The van der Waals surface area contributed by atoms with Crippen molar-refractivity contribution in [2.75, 3.05) is 11.9 Å². The lowest BCUT2D eigenvalue weighted by atomic mass is 9.91. The van der Waals surface area contributed by atoms with Crippen molar-refractivity contribution < 1.29 is 14.0 Å². The summed E-state index contributed by atoms with van der Waals surface area (Å²) >= 11 is 0. The minimum atomic E-state index is -0.410. The molecule has 32 heavy (non-hydrogen) atoms. The average Bonchev–Trinajstić information content (AvgIpc) is 2.80. The maximum atomic E-state index is 14.7. The van der Waals surface area contributed by atoms with Crippen molar-refractivity contribution in [2.24, 2.45) is 0 Å². The average molecular weight is 433 g/mol. The molecule has 0 saturated carbocycles. The highest BCUT2D eigenvalue weighted by Crippen LogP contribution is 2.37. The monoisotopic (exact) mass is 433 g/mol. The van der Waals surface area contributed by atoms with Gasteiger partial charge in [-0.25, -0.2) is 14.4 Å². The third kappa shape index (κ3) is 4.49. The predicted molar refractivity (Wildman–Crippen MR) is 119 cm³/mol. The van der Waals surface area contributed by atoms with Crippen LogP contribution in [-0.4, -0.2) is 33.3 Å². The first-order chi connectivity index (χ1) is 15.4. The number of pyridine rings is 1. The lowest BCUT2D eigenvalue weighted by molar-refractivity contribution is -0.122. The van der Waals surface area contributed by atoms with Crippen molar-refractivity contribution in [2.45, 2.75) is 38.5 Å². The number of rotatable bonds is 5. The third-order valence-electron chi connectivity index (χ3n) is 5.49. The van der Waals surface area contributed by atoms with Gasteiger partial charge < -0.3 is 10.6 Å². The Morgan fingerprint density at radius 1 is 1.12 bits per heavy atom. The number of anilines is 1. The third-order valence-corrected chi connectivity index (χ3v) is 5.49. The minimum absolute atomic E-state index is 0.0144. The Morgan fingerprint density at radius 3 is 2.53 bits per heavy atom. The number of carbonyl (C=O) groups is 2. The molecule has 1 saturated heterocycles. The van der Waals surface area contributed by atoms with Gasteiger partial charge in [-0.1, -0.05) is 32.0 Å². The van der Waals surface area contributed by atoms with Crippen molar-refractivity contribution in [1.29, 1.82) is 0 Å². The van der Waals surface area contributed by atoms with Crippen molar-refractivity contribution in [3.05, 3.63) is 71.8 Å². The maximum absolute atomic E-state index is 14.7. The molecule has 7 nitrogen and oxygen atoms in total. The van der Waals surface area contributed by atoms with Gasteiger partial charge in [0.1, 0.15) is 11.6 Å². The van der Waals surface area contributed by atoms with E-state index in [1.54, 1.807) is 30.5 Å². The standard InChI is InChI=1S/C24H24FN5O2/c1-14(2)23-28-12-16(13-29-23)24(32)30-22-18(17-5-3-4-6-19(17)25)9-10-26-21(22)15-7-8-20(31)27-11-15/h3-6,9-10,12-15H,7-8,11H2,1-2H3,(H,27,31)(H,30,32). The van der Waals surface area contributed by atoms with E-state index in [0.29, 0.717) is 53.3 Å². The molecule has 2 N–H and O–H groups in total. The molecule has 1 aliphatic heterocycles. The number of piperidine rings is 1. The number of nitrogens with one attached hydrogen (secondary N) is 2. The van der Waals surface area contributed by atoms with Crippen LogP contribution in [-0.2, 0) is 4.79 Å². The fraction of sp³-hybridized carbons (Fsp3) is 0.292. The van der Waals surface area contributed by atoms with Crippen molar-refractivity contribution in [1.82, 2.24) is 20.3 Å². The molecule has 0 radical (unpaired) electrons. The number of hydrogen-bond donors (Lipinski definition) is 2. The summed E-state index contributed by atoms with van der Waals surface area (Å²) in [6, 6.07) is 8.07. The summed E-state index contributed by atoms with van der Waals surface area (Å²) in [5, 5.41) is 5.76. The normalized spacial score (nSPS) is 16.0. The molecule has 2 aromatic heterocycles. The molecule has 3 heterocycles. The highest BCUT2D eigenvalue weighted by atomic mass is 19.1. The van der Waals surface area contributed by atoms with Crippen molar-refractivity contribution in [3.63, 3.8) is 0 Å². The quantitative estimate of drug-likeness (QED) is 0.633. The van der Waals surface area contributed by atoms with E-state index in [4.69, 9.17) is 0 Å². The summed E-state index contributed by atoms with van der Waals surface area (Å²) in [4.78, 5) is 37.7. The molecule has 1 fully saturated rings. The lowest BCUT2D eigenvalue weighted by Crippen LogP contribution is -2.34. The van der Waals surface area contributed by atoms with E-state index >= 15 is 0 Å². The zero-order valence-electron chi connectivity index (χ0n) is 17.9. The summed E-state index contributed by atoms with van der Waals surface area (Å²) in [6.07, 6.45) is 5.53. The van der Waals surface area contributed by atoms with E-state index in [9.17, 15) is 14.0 Å². The van der Waals surface area contributed by atoms with Crippen LogP contribution in [0.4, 0.5) is 10.1 Å². The number of hydrogen-bond acceptors (Lipinski definition) is 5. The van der Waals surface area contributed by atoms with Gasteiger partial charge >= 0.3 is 0 Å². The molecule has 1 atom stereocenters. The van der Waals surface area contributed by atoms with E-state index < -0.39 is 11.7 Å². The number of benzene rings is 1. The van der Waals surface area contributed by atoms with Crippen LogP contribution >= 0.6 is 0 Å². The molecule has 0 bridgehead atoms. The predicted octanol–water partition coefficient (Wildman–Crippen LogP) is 4.05. The summed E-state index contributed by atoms with van der Waals surface area (Å²) in [6.45, 7) is 4.35. The van der Waals surface area contributed by atoms with Crippen LogP contribution in [0.3, 0.4) is 0 Å². The summed E-state index contributed by atoms with van der Waals surface area (Å²) in [7, 11) is 0. The summed E-state index contributed by atoms with van der Waals surface area (Å²) in [5.74, 6) is -0.137. The van der Waals surface area contributed by atoms with Gasteiger partial charge in [0.2, 0.25) is 5.91 Å². The van der Waals surface area contributed by atoms with Crippen LogP contribution in [0.1, 0.15) is 60.4 Å². The topological polar surface area (TPSA) is 96.9 Å². The Kier molecular flexibility index (Phi) is 6.20. The Morgan fingerprint density at radius 2 is 1.88 bits per heavy atom. The molecule has 2 amide bonds. The molecule has 1 aromatic carbocycles. The van der Waals surface area contributed by atoms with Gasteiger partial charge in [0.15, 0.2) is 0 Å². The first-order valence-electron chi connectivity index (χ1n) is 10.6. The number of amides is 2. The van der Waals surface area contributed by atoms with Crippen LogP contribution < -0.4 is 10.6 Å². The number of halogens is 1. The molecule has 8 heteroatoms. The Hall–Kier alpha value is -3.68. The van der Waals surface area contributed by atoms with Crippen molar-refractivity contribution >= 4 is 17.5 Å². The van der Waals surface area contributed by atoms with Gasteiger partial charge in [0.05, 0.1) is 16.9 Å². The van der Waals surface area contributed by atoms with Gasteiger partial charge in [-0.15, -0.1) is 0 Å². The zero-order chi connectivity index (χ0) is 22.7. The maximum Gasteiger partial charge on any atom is 0.258 e. The molecule has 4 rings (SSSR count). The van der Waals surface area contributed by atoms with Crippen LogP contribution in [0.25, 0.3) is 11.1 Å². The van der Waals surface area contributed by atoms with Crippen LogP contribution in [0.5, 0.6) is 0 Å². The highest BCUT2D eigenvalue weighted by Gasteiger charge is 2.26. The van der Waals surface area contributed by atoms with Crippen LogP contribution in [0.2, 0.25) is 0 Å². The SMILES string of the molecule is CC(C)c1ncc(C(=O)Nc2c(-c3ccccc3F)ccnc2C2CCC(=O)NC2)cn1. The smallest absolute Gasteiger partial charge is 0.258 e. The molecule has 3 aromatic rings. The van der Waals surface area contributed by atoms with Gasteiger partial charge in [-0.3, -0.25) is 14.6 Å². The summed E-state index contributed by atoms with van der Waals surface area (Å²) in [5.41, 5.74) is 2.21.